The third kappa shape index (κ3) is 4.83. The predicted molar refractivity (Wildman–Crippen MR) is 130 cm³/mol. The average Bonchev–Trinajstić information content (AvgIpc) is 3.45. The number of nitrogens with one attached hydrogen (secondary N) is 3. The third-order valence-corrected chi connectivity index (χ3v) is 7.05. The van der Waals surface area contributed by atoms with Crippen LogP contribution in [0.5, 0.6) is 0 Å². The lowest BCUT2D eigenvalue weighted by Crippen LogP contribution is -2.36. The van der Waals surface area contributed by atoms with E-state index in [-0.39, 0.29) is 17.9 Å². The minimum absolute atomic E-state index is 0.0588. The van der Waals surface area contributed by atoms with Crippen molar-refractivity contribution in [2.45, 2.75) is 58.0 Å². The van der Waals surface area contributed by atoms with Gasteiger partial charge in [0, 0.05) is 17.3 Å². The van der Waals surface area contributed by atoms with Crippen LogP contribution in [0, 0.1) is 11.7 Å². The number of aryl methyl sites for hydroxylation is 1. The van der Waals surface area contributed by atoms with E-state index in [4.69, 9.17) is 12.2 Å². The molecule has 0 aliphatic heterocycles. The second-order valence-electron chi connectivity index (χ2n) is 8.20. The number of benzene rings is 1. The van der Waals surface area contributed by atoms with Crippen LogP contribution in [0.2, 0.25) is 0 Å². The molecule has 0 spiro atoms. The summed E-state index contributed by atoms with van der Waals surface area (Å²) in [4.78, 5) is 26.6. The number of hydrogen-bond donors (Lipinski definition) is 3. The van der Waals surface area contributed by atoms with Gasteiger partial charge in [0.15, 0.2) is 10.6 Å². The number of aromatic amines is 1. The number of nitrogens with zero attached hydrogens (tertiary/aromatic N) is 2. The molecule has 3 N–H and O–H groups in total. The molecule has 1 fully saturated rings. The highest BCUT2D eigenvalue weighted by molar-refractivity contribution is 7.71. The smallest absolute Gasteiger partial charge is 0.251 e. The number of rotatable bonds is 6. The fraction of sp³-hybridized carbons (Fsp3) is 0.391. The number of carbonyl (C=O) groups excluding carboxylic acids is 2. The van der Waals surface area contributed by atoms with E-state index >= 15 is 0 Å². The summed E-state index contributed by atoms with van der Waals surface area (Å²) >= 11 is 6.91. The Bertz CT molecular complexity index is 1160. The van der Waals surface area contributed by atoms with Crippen LogP contribution < -0.4 is 10.6 Å². The van der Waals surface area contributed by atoms with Gasteiger partial charge in [-0.1, -0.05) is 25.3 Å². The van der Waals surface area contributed by atoms with Gasteiger partial charge < -0.3 is 10.6 Å². The van der Waals surface area contributed by atoms with Crippen molar-refractivity contribution >= 4 is 41.1 Å². The molecule has 2 heterocycles. The molecule has 1 saturated carbocycles. The van der Waals surface area contributed by atoms with Gasteiger partial charge in [0.25, 0.3) is 5.91 Å². The topological polar surface area (TPSA) is 91.8 Å². The summed E-state index contributed by atoms with van der Waals surface area (Å²) < 4.78 is 2.11. The van der Waals surface area contributed by atoms with Crippen molar-refractivity contribution in [2.24, 2.45) is 0 Å². The standard InChI is InChI=1S/C23H27N5O2S2/c1-14-13-16(22(30)24-17-7-4-3-5-8-17)10-11-18(14)25-21(29)15(2)28-20(26-27-23(28)31)19-9-6-12-32-19/h6,9-13,15,17H,3-5,7-8H2,1-2H3,(H,24,30)(H,25,29)(H,27,31). The molecule has 7 nitrogen and oxygen atoms in total. The Morgan fingerprint density at radius 3 is 2.72 bits per heavy atom. The first-order valence-corrected chi connectivity index (χ1v) is 12.2. The number of anilines is 1. The summed E-state index contributed by atoms with van der Waals surface area (Å²) in [6, 6.07) is 8.93. The molecule has 1 aliphatic rings. The Kier molecular flexibility index (Phi) is 6.86. The second-order valence-corrected chi connectivity index (χ2v) is 9.54. The van der Waals surface area contributed by atoms with Gasteiger partial charge in [-0.05, 0) is 74.1 Å². The predicted octanol–water partition coefficient (Wildman–Crippen LogP) is 5.24. The van der Waals surface area contributed by atoms with Crippen molar-refractivity contribution in [2.75, 3.05) is 5.32 Å². The Labute approximate surface area is 196 Å². The molecule has 2 amide bonds. The van der Waals surface area contributed by atoms with Gasteiger partial charge in [0.1, 0.15) is 6.04 Å². The zero-order valence-corrected chi connectivity index (χ0v) is 19.8. The van der Waals surface area contributed by atoms with Crippen LogP contribution in [0.25, 0.3) is 10.7 Å². The minimum atomic E-state index is -0.563. The maximum atomic E-state index is 13.0. The lowest BCUT2D eigenvalue weighted by molar-refractivity contribution is -0.118. The molecular formula is C23H27N5O2S2. The van der Waals surface area contributed by atoms with E-state index < -0.39 is 6.04 Å². The van der Waals surface area contributed by atoms with Gasteiger partial charge in [-0.3, -0.25) is 19.3 Å². The van der Waals surface area contributed by atoms with Crippen LogP contribution in [-0.4, -0.2) is 32.6 Å². The normalized spacial score (nSPS) is 15.3. The first-order chi connectivity index (χ1) is 15.4. The molecule has 4 rings (SSSR count). The monoisotopic (exact) mass is 469 g/mol. The zero-order chi connectivity index (χ0) is 22.7. The van der Waals surface area contributed by atoms with Crippen LogP contribution in [0.4, 0.5) is 5.69 Å². The molecule has 3 aromatic rings. The van der Waals surface area contributed by atoms with E-state index in [1.54, 1.807) is 23.6 Å². The molecular weight excluding hydrogens is 442 g/mol. The summed E-state index contributed by atoms with van der Waals surface area (Å²) in [5.74, 6) is 0.374. The largest absolute Gasteiger partial charge is 0.349 e. The maximum Gasteiger partial charge on any atom is 0.251 e. The first kappa shape index (κ1) is 22.4. The van der Waals surface area contributed by atoms with E-state index in [0.29, 0.717) is 21.8 Å². The SMILES string of the molecule is Cc1cc(C(=O)NC2CCCCC2)ccc1NC(=O)C(C)n1c(-c2cccs2)n[nH]c1=S. The number of thiophene rings is 1. The van der Waals surface area contributed by atoms with Gasteiger partial charge in [0.05, 0.1) is 4.88 Å². The summed E-state index contributed by atoms with van der Waals surface area (Å²) in [7, 11) is 0. The third-order valence-electron chi connectivity index (χ3n) is 5.90. The first-order valence-electron chi connectivity index (χ1n) is 10.9. The van der Waals surface area contributed by atoms with Crippen molar-refractivity contribution in [1.29, 1.82) is 0 Å². The summed E-state index contributed by atoms with van der Waals surface area (Å²) in [6.45, 7) is 3.68. The minimum Gasteiger partial charge on any atom is -0.349 e. The van der Waals surface area contributed by atoms with Crippen molar-refractivity contribution in [3.05, 3.63) is 51.6 Å². The summed E-state index contributed by atoms with van der Waals surface area (Å²) in [5.41, 5.74) is 2.11. The Morgan fingerprint density at radius 2 is 2.03 bits per heavy atom. The van der Waals surface area contributed by atoms with Crippen molar-refractivity contribution in [1.82, 2.24) is 20.1 Å². The van der Waals surface area contributed by atoms with Crippen molar-refractivity contribution in [3.8, 4) is 10.7 Å². The number of carbonyl (C=O) groups is 2. The highest BCUT2D eigenvalue weighted by atomic mass is 32.1. The number of aromatic nitrogens is 3. The molecule has 1 unspecified atom stereocenters. The molecule has 0 saturated heterocycles. The zero-order valence-electron chi connectivity index (χ0n) is 18.2. The number of H-pyrrole nitrogens is 1. The van der Waals surface area contributed by atoms with Crippen LogP contribution >= 0.6 is 23.6 Å². The lowest BCUT2D eigenvalue weighted by Gasteiger charge is -2.23. The van der Waals surface area contributed by atoms with Crippen LogP contribution in [0.3, 0.4) is 0 Å². The number of hydrogen-bond acceptors (Lipinski definition) is 5. The van der Waals surface area contributed by atoms with E-state index in [9.17, 15) is 9.59 Å². The van der Waals surface area contributed by atoms with Gasteiger partial charge >= 0.3 is 0 Å². The maximum absolute atomic E-state index is 13.0. The van der Waals surface area contributed by atoms with E-state index in [2.05, 4.69) is 20.8 Å². The molecule has 0 radical (unpaired) electrons. The molecule has 168 valence electrons. The fourth-order valence-electron chi connectivity index (χ4n) is 4.06. The van der Waals surface area contributed by atoms with Crippen LogP contribution in [0.1, 0.15) is 61.0 Å². The highest BCUT2D eigenvalue weighted by Crippen LogP contribution is 2.27. The quantitative estimate of drug-likeness (QED) is 0.431. The van der Waals surface area contributed by atoms with Crippen molar-refractivity contribution in [3.63, 3.8) is 0 Å². The van der Waals surface area contributed by atoms with Gasteiger partial charge in [-0.25, -0.2) is 0 Å². The Balaban J connectivity index is 1.46. The highest BCUT2D eigenvalue weighted by Gasteiger charge is 2.22. The lowest BCUT2D eigenvalue weighted by atomic mass is 9.95. The molecule has 2 aromatic heterocycles. The molecule has 1 aromatic carbocycles. The van der Waals surface area contributed by atoms with Gasteiger partial charge in [0.2, 0.25) is 5.91 Å². The van der Waals surface area contributed by atoms with Gasteiger partial charge in [-0.2, -0.15) is 5.10 Å². The Morgan fingerprint density at radius 1 is 1.25 bits per heavy atom. The molecule has 0 bridgehead atoms. The Hall–Kier alpha value is -2.78. The van der Waals surface area contributed by atoms with E-state index in [0.717, 1.165) is 23.3 Å². The van der Waals surface area contributed by atoms with Crippen molar-refractivity contribution < 1.29 is 9.59 Å². The molecule has 32 heavy (non-hydrogen) atoms. The summed E-state index contributed by atoms with van der Waals surface area (Å²) in [5, 5.41) is 15.1. The molecule has 1 aliphatic carbocycles. The molecule has 1 atom stereocenters. The van der Waals surface area contributed by atoms with E-state index in [1.165, 1.54) is 30.6 Å². The van der Waals surface area contributed by atoms with E-state index in [1.807, 2.05) is 30.5 Å². The van der Waals surface area contributed by atoms with Crippen LogP contribution in [0.15, 0.2) is 35.7 Å². The number of amides is 2. The average molecular weight is 470 g/mol. The summed E-state index contributed by atoms with van der Waals surface area (Å²) in [6.07, 6.45) is 5.67. The van der Waals surface area contributed by atoms with Crippen LogP contribution in [-0.2, 0) is 4.79 Å². The molecule has 9 heteroatoms. The van der Waals surface area contributed by atoms with Gasteiger partial charge in [-0.15, -0.1) is 11.3 Å². The fourth-order valence-corrected chi connectivity index (χ4v) is 5.06. The second kappa shape index (κ2) is 9.79.